The van der Waals surface area contributed by atoms with Crippen LogP contribution in [0.1, 0.15) is 46.0 Å². The van der Waals surface area contributed by atoms with Crippen molar-refractivity contribution in [1.82, 2.24) is 15.1 Å². The maximum Gasteiger partial charge on any atom is 0.0223 e. The Morgan fingerprint density at radius 3 is 2.65 bits per heavy atom. The quantitative estimate of drug-likeness (QED) is 0.835. The van der Waals surface area contributed by atoms with Gasteiger partial charge in [0.1, 0.15) is 0 Å². The lowest BCUT2D eigenvalue weighted by atomic mass is 9.69. The normalized spacial score (nSPS) is 34.8. The third-order valence-electron chi connectivity index (χ3n) is 5.43. The summed E-state index contributed by atoms with van der Waals surface area (Å²) in [6.45, 7) is 8.74. The molecule has 0 aromatic rings. The summed E-state index contributed by atoms with van der Waals surface area (Å²) in [7, 11) is 6.56. The van der Waals surface area contributed by atoms with Crippen LogP contribution in [0.3, 0.4) is 0 Å². The van der Waals surface area contributed by atoms with Crippen LogP contribution in [0, 0.1) is 11.3 Å². The molecule has 3 heteroatoms. The van der Waals surface area contributed by atoms with Gasteiger partial charge in [-0.3, -0.25) is 4.90 Å². The fourth-order valence-corrected chi connectivity index (χ4v) is 4.37. The Morgan fingerprint density at radius 2 is 2.00 bits per heavy atom. The Morgan fingerprint density at radius 1 is 1.25 bits per heavy atom. The molecule has 1 aliphatic heterocycles. The van der Waals surface area contributed by atoms with Crippen molar-refractivity contribution in [3.8, 4) is 0 Å². The molecule has 1 aliphatic carbocycles. The van der Waals surface area contributed by atoms with Gasteiger partial charge in [0.25, 0.3) is 0 Å². The minimum absolute atomic E-state index is 0.536. The molecule has 1 saturated heterocycles. The largest absolute Gasteiger partial charge is 0.317 e. The lowest BCUT2D eigenvalue weighted by molar-refractivity contribution is 0.0924. The summed E-state index contributed by atoms with van der Waals surface area (Å²) in [5.74, 6) is 0.825. The number of hydrogen-bond donors (Lipinski definition) is 1. The number of likely N-dealkylation sites (N-methyl/N-ethyl adjacent to an activating group) is 1. The first kappa shape index (κ1) is 16.3. The summed E-state index contributed by atoms with van der Waals surface area (Å²) in [4.78, 5) is 5.12. The lowest BCUT2D eigenvalue weighted by Crippen LogP contribution is -2.48. The second-order valence-electron chi connectivity index (χ2n) is 8.12. The maximum atomic E-state index is 3.58. The fraction of sp³-hybridized carbons (Fsp3) is 1.00. The Balaban J connectivity index is 1.95. The van der Waals surface area contributed by atoms with E-state index in [9.17, 15) is 0 Å². The van der Waals surface area contributed by atoms with E-state index >= 15 is 0 Å². The highest BCUT2D eigenvalue weighted by Crippen LogP contribution is 2.39. The highest BCUT2D eigenvalue weighted by molar-refractivity contribution is 4.92. The van der Waals surface area contributed by atoms with Gasteiger partial charge in [-0.05, 0) is 71.1 Å². The van der Waals surface area contributed by atoms with Crippen molar-refractivity contribution in [3.63, 3.8) is 0 Å². The third kappa shape index (κ3) is 4.19. The van der Waals surface area contributed by atoms with Gasteiger partial charge in [0.15, 0.2) is 0 Å². The lowest BCUT2D eigenvalue weighted by Gasteiger charge is -2.43. The van der Waals surface area contributed by atoms with Crippen LogP contribution in [0.4, 0.5) is 0 Å². The first-order valence-electron chi connectivity index (χ1n) is 8.47. The predicted molar refractivity (Wildman–Crippen MR) is 87.1 cm³/mol. The van der Waals surface area contributed by atoms with E-state index in [4.69, 9.17) is 0 Å². The van der Waals surface area contributed by atoms with Crippen LogP contribution < -0.4 is 5.32 Å². The van der Waals surface area contributed by atoms with Crippen molar-refractivity contribution >= 4 is 0 Å². The third-order valence-corrected chi connectivity index (χ3v) is 5.43. The van der Waals surface area contributed by atoms with E-state index in [-0.39, 0.29) is 0 Å². The SMILES string of the molecule is CNC1CCC(C)(C)CC1CN1CCCC1CN(C)C. The van der Waals surface area contributed by atoms with Crippen LogP contribution in [0.2, 0.25) is 0 Å². The average Bonchev–Trinajstić information content (AvgIpc) is 2.75. The van der Waals surface area contributed by atoms with Crippen LogP contribution in [-0.2, 0) is 0 Å². The van der Waals surface area contributed by atoms with E-state index in [1.807, 2.05) is 0 Å². The van der Waals surface area contributed by atoms with Gasteiger partial charge in [-0.1, -0.05) is 13.8 Å². The molecule has 118 valence electrons. The Labute approximate surface area is 126 Å². The summed E-state index contributed by atoms with van der Waals surface area (Å²) >= 11 is 0. The molecule has 2 fully saturated rings. The maximum absolute atomic E-state index is 3.58. The van der Waals surface area contributed by atoms with Gasteiger partial charge in [0.2, 0.25) is 0 Å². The molecule has 2 rings (SSSR count). The molecule has 2 aliphatic rings. The van der Waals surface area contributed by atoms with E-state index < -0.39 is 0 Å². The summed E-state index contributed by atoms with van der Waals surface area (Å²) < 4.78 is 0. The van der Waals surface area contributed by atoms with Crippen LogP contribution in [0.25, 0.3) is 0 Å². The number of likely N-dealkylation sites (tertiary alicyclic amines) is 1. The summed E-state index contributed by atoms with van der Waals surface area (Å²) in [5.41, 5.74) is 0.536. The van der Waals surface area contributed by atoms with Crippen molar-refractivity contribution in [1.29, 1.82) is 0 Å². The Bertz CT molecular complexity index is 301. The van der Waals surface area contributed by atoms with Gasteiger partial charge in [-0.2, -0.15) is 0 Å². The monoisotopic (exact) mass is 281 g/mol. The van der Waals surface area contributed by atoms with Crippen LogP contribution >= 0.6 is 0 Å². The Kier molecular flexibility index (Phi) is 5.49. The highest BCUT2D eigenvalue weighted by Gasteiger charge is 2.36. The average molecular weight is 281 g/mol. The molecule has 3 atom stereocenters. The van der Waals surface area contributed by atoms with E-state index in [1.54, 1.807) is 0 Å². The molecular weight excluding hydrogens is 246 g/mol. The molecule has 3 nitrogen and oxygen atoms in total. The number of hydrogen-bond acceptors (Lipinski definition) is 3. The zero-order chi connectivity index (χ0) is 14.8. The Hall–Kier alpha value is -0.120. The number of rotatable bonds is 5. The van der Waals surface area contributed by atoms with Gasteiger partial charge < -0.3 is 10.2 Å². The molecular formula is C17H35N3. The van der Waals surface area contributed by atoms with Crippen molar-refractivity contribution in [2.75, 3.05) is 40.8 Å². The minimum Gasteiger partial charge on any atom is -0.317 e. The second-order valence-corrected chi connectivity index (χ2v) is 8.12. The van der Waals surface area contributed by atoms with E-state index in [1.165, 1.54) is 51.7 Å². The van der Waals surface area contributed by atoms with Gasteiger partial charge >= 0.3 is 0 Å². The van der Waals surface area contributed by atoms with Gasteiger partial charge in [0, 0.05) is 25.2 Å². The molecule has 0 radical (unpaired) electrons. The minimum atomic E-state index is 0.536. The first-order chi connectivity index (χ1) is 9.41. The van der Waals surface area contributed by atoms with Crippen molar-refractivity contribution < 1.29 is 0 Å². The molecule has 1 heterocycles. The molecule has 20 heavy (non-hydrogen) atoms. The second kappa shape index (κ2) is 6.76. The number of nitrogens with zero attached hydrogens (tertiary/aromatic N) is 2. The molecule has 1 N–H and O–H groups in total. The summed E-state index contributed by atoms with van der Waals surface area (Å²) in [5, 5.41) is 3.58. The summed E-state index contributed by atoms with van der Waals surface area (Å²) in [6.07, 6.45) is 6.87. The molecule has 0 spiro atoms. The van der Waals surface area contributed by atoms with E-state index in [2.05, 4.69) is 50.1 Å². The predicted octanol–water partition coefficient (Wildman–Crippen LogP) is 2.43. The zero-order valence-electron chi connectivity index (χ0n) is 14.3. The molecule has 0 aromatic heterocycles. The highest BCUT2D eigenvalue weighted by atomic mass is 15.2. The van der Waals surface area contributed by atoms with Crippen molar-refractivity contribution in [2.24, 2.45) is 11.3 Å². The zero-order valence-corrected chi connectivity index (χ0v) is 14.3. The topological polar surface area (TPSA) is 18.5 Å². The van der Waals surface area contributed by atoms with Crippen molar-refractivity contribution in [2.45, 2.75) is 58.0 Å². The van der Waals surface area contributed by atoms with Crippen molar-refractivity contribution in [3.05, 3.63) is 0 Å². The van der Waals surface area contributed by atoms with E-state index in [0.29, 0.717) is 5.41 Å². The molecule has 1 saturated carbocycles. The van der Waals surface area contributed by atoms with Crippen LogP contribution in [0.5, 0.6) is 0 Å². The van der Waals surface area contributed by atoms with Gasteiger partial charge in [-0.15, -0.1) is 0 Å². The molecule has 0 bridgehead atoms. The summed E-state index contributed by atoms with van der Waals surface area (Å²) in [6, 6.07) is 1.51. The van der Waals surface area contributed by atoms with E-state index in [0.717, 1.165) is 18.0 Å². The molecule has 0 amide bonds. The smallest absolute Gasteiger partial charge is 0.0223 e. The van der Waals surface area contributed by atoms with Gasteiger partial charge in [0.05, 0.1) is 0 Å². The first-order valence-corrected chi connectivity index (χ1v) is 8.47. The van der Waals surface area contributed by atoms with Crippen LogP contribution in [-0.4, -0.2) is 62.7 Å². The standard InChI is InChI=1S/C17H35N3/c1-17(2)9-8-16(18-3)14(11-17)12-20-10-6-7-15(20)13-19(4)5/h14-16,18H,6-13H2,1-5H3. The fourth-order valence-electron chi connectivity index (χ4n) is 4.37. The molecule has 0 aromatic carbocycles. The number of nitrogens with one attached hydrogen (secondary N) is 1. The molecule has 3 unspecified atom stereocenters. The van der Waals surface area contributed by atoms with Gasteiger partial charge in [-0.25, -0.2) is 0 Å². The van der Waals surface area contributed by atoms with Crippen LogP contribution in [0.15, 0.2) is 0 Å².